The first kappa shape index (κ1) is 35.0. The van der Waals surface area contributed by atoms with Crippen molar-refractivity contribution in [2.24, 2.45) is 5.41 Å². The summed E-state index contributed by atoms with van der Waals surface area (Å²) in [5.74, 6) is -0.264. The number of hydrogen-bond donors (Lipinski definition) is 3. The number of nitrogens with one attached hydrogen (secondary N) is 2. The third kappa shape index (κ3) is 8.68. The average molecular weight is 649 g/mol. The van der Waals surface area contributed by atoms with Crippen LogP contribution in [-0.2, 0) is 30.5 Å². The second-order valence-corrected chi connectivity index (χ2v) is 15.8. The van der Waals surface area contributed by atoms with Crippen molar-refractivity contribution >= 4 is 15.9 Å². The summed E-state index contributed by atoms with van der Waals surface area (Å²) in [5.41, 5.74) is -2.33. The largest absolute Gasteiger partial charge is 0.486 e. The van der Waals surface area contributed by atoms with E-state index in [1.54, 1.807) is 40.7 Å². The summed E-state index contributed by atoms with van der Waals surface area (Å²) in [5, 5.41) is 16.4. The molecule has 4 rings (SSSR count). The molecule has 2 aromatic rings. The molecular formula is C33H48N2O9S. The number of ether oxygens (including phenoxy) is 5. The maximum atomic E-state index is 14.5. The van der Waals surface area contributed by atoms with Crippen LogP contribution in [0.4, 0.5) is 4.79 Å². The number of amides is 1. The first-order valence-electron chi connectivity index (χ1n) is 15.3. The third-order valence-electron chi connectivity index (χ3n) is 8.17. The van der Waals surface area contributed by atoms with Crippen LogP contribution in [0.3, 0.4) is 0 Å². The van der Waals surface area contributed by atoms with Gasteiger partial charge in [0.2, 0.25) is 0 Å². The van der Waals surface area contributed by atoms with Gasteiger partial charge in [0.15, 0.2) is 27.1 Å². The summed E-state index contributed by atoms with van der Waals surface area (Å²) in [7, 11) is -4.02. The van der Waals surface area contributed by atoms with Crippen molar-refractivity contribution in [1.82, 2.24) is 10.6 Å². The zero-order chi connectivity index (χ0) is 33.1. The number of aliphatic hydroxyl groups is 1. The van der Waals surface area contributed by atoms with E-state index in [1.807, 2.05) is 44.2 Å². The van der Waals surface area contributed by atoms with Crippen LogP contribution in [0.1, 0.15) is 60.5 Å². The highest BCUT2D eigenvalue weighted by Gasteiger charge is 2.49. The predicted octanol–water partition coefficient (Wildman–Crippen LogP) is 4.21. The van der Waals surface area contributed by atoms with Crippen LogP contribution in [0.2, 0.25) is 0 Å². The van der Waals surface area contributed by atoms with Crippen molar-refractivity contribution in [3.05, 3.63) is 54.1 Å². The summed E-state index contributed by atoms with van der Waals surface area (Å²) in [4.78, 5) is 13.2. The number of benzene rings is 2. The summed E-state index contributed by atoms with van der Waals surface area (Å²) >= 11 is 0. The Morgan fingerprint density at radius 3 is 2.20 bits per heavy atom. The van der Waals surface area contributed by atoms with Gasteiger partial charge in [-0.3, -0.25) is 5.32 Å². The highest BCUT2D eigenvalue weighted by molar-refractivity contribution is 7.92. The van der Waals surface area contributed by atoms with Crippen LogP contribution in [0.15, 0.2) is 53.4 Å². The molecule has 1 unspecified atom stereocenters. The molecule has 3 N–H and O–H groups in total. The van der Waals surface area contributed by atoms with E-state index in [0.717, 1.165) is 5.56 Å². The van der Waals surface area contributed by atoms with Crippen LogP contribution in [-0.4, -0.2) is 81.0 Å². The highest BCUT2D eigenvalue weighted by Crippen LogP contribution is 2.41. The van der Waals surface area contributed by atoms with Crippen LogP contribution in [0.5, 0.6) is 11.5 Å². The molecule has 11 nitrogen and oxygen atoms in total. The molecular weight excluding hydrogens is 600 g/mol. The van der Waals surface area contributed by atoms with E-state index < -0.39 is 49.8 Å². The van der Waals surface area contributed by atoms with E-state index in [1.165, 1.54) is 12.1 Å². The fraction of sp³-hybridized carbons (Fsp3) is 0.606. The molecule has 0 spiro atoms. The van der Waals surface area contributed by atoms with Crippen LogP contribution in [0.25, 0.3) is 0 Å². The number of carbonyl (C=O) groups excluding carboxylic acids is 1. The maximum Gasteiger partial charge on any atom is 0.409 e. The quantitative estimate of drug-likeness (QED) is 0.287. The van der Waals surface area contributed by atoms with Crippen molar-refractivity contribution in [3.8, 4) is 11.5 Å². The van der Waals surface area contributed by atoms with Crippen molar-refractivity contribution in [1.29, 1.82) is 0 Å². The number of carbonyl (C=O) groups is 1. The molecule has 12 heteroatoms. The van der Waals surface area contributed by atoms with Gasteiger partial charge in [0.25, 0.3) is 0 Å². The molecule has 45 heavy (non-hydrogen) atoms. The van der Waals surface area contributed by atoms with Crippen molar-refractivity contribution in [2.75, 3.05) is 33.0 Å². The molecule has 1 amide bonds. The lowest BCUT2D eigenvalue weighted by Crippen LogP contribution is -2.68. The molecule has 1 saturated heterocycles. The summed E-state index contributed by atoms with van der Waals surface area (Å²) in [6.07, 6.45) is -1.58. The number of hydrogen-bond acceptors (Lipinski definition) is 10. The summed E-state index contributed by atoms with van der Waals surface area (Å²) in [6.45, 7) is 13.7. The van der Waals surface area contributed by atoms with E-state index in [-0.39, 0.29) is 24.3 Å². The number of fused-ring (bicyclic) bond motifs is 1. The van der Waals surface area contributed by atoms with Crippen molar-refractivity contribution in [3.63, 3.8) is 0 Å². The second kappa shape index (κ2) is 13.4. The Bertz CT molecular complexity index is 1420. The first-order valence-corrected chi connectivity index (χ1v) is 16.9. The maximum absolute atomic E-state index is 14.5. The number of rotatable bonds is 12. The monoisotopic (exact) mass is 648 g/mol. The van der Waals surface area contributed by atoms with Gasteiger partial charge in [0.05, 0.1) is 29.5 Å². The van der Waals surface area contributed by atoms with Crippen LogP contribution >= 0.6 is 0 Å². The molecule has 0 bridgehead atoms. The van der Waals surface area contributed by atoms with Crippen molar-refractivity contribution < 1.29 is 42.0 Å². The standard InChI is InChI=1S/C33H48N2O9S/c1-23(36)33(20-24-11-9-8-10-12-24,35-29(37)44-30(2,3)4)34-22-31(5,6)28(21-32(7)42-17-18-43-32)45(38,39)25-13-14-26-27(19-25)41-16-15-40-26/h8-14,19,23,28,34,36H,15-18,20-22H2,1-7H3,(H,35,37)/t23-,28?,33+/m1/s1. The van der Waals surface area contributed by atoms with E-state index in [4.69, 9.17) is 23.7 Å². The van der Waals surface area contributed by atoms with Gasteiger partial charge in [-0.2, -0.15) is 0 Å². The minimum absolute atomic E-state index is 0.0400. The smallest absolute Gasteiger partial charge is 0.409 e. The average Bonchev–Trinajstić information content (AvgIpc) is 3.40. The van der Waals surface area contributed by atoms with Gasteiger partial charge in [-0.1, -0.05) is 44.2 Å². The first-order chi connectivity index (χ1) is 20.9. The van der Waals surface area contributed by atoms with E-state index in [0.29, 0.717) is 37.9 Å². The molecule has 0 aromatic heterocycles. The number of alkyl carbamates (subject to hydrolysis) is 1. The molecule has 0 saturated carbocycles. The lowest BCUT2D eigenvalue weighted by atomic mass is 9.83. The predicted molar refractivity (Wildman–Crippen MR) is 169 cm³/mol. The minimum atomic E-state index is -4.02. The lowest BCUT2D eigenvalue weighted by Gasteiger charge is -2.44. The van der Waals surface area contributed by atoms with Gasteiger partial charge in [-0.25, -0.2) is 13.2 Å². The SMILES string of the molecule is C[C@@H](O)[C@@](Cc1ccccc1)(NCC(C)(C)C(CC1(C)OCCO1)S(=O)(=O)c1ccc2c(c1)OCCO2)NC(=O)OC(C)(C)C. The summed E-state index contributed by atoms with van der Waals surface area (Å²) in [6, 6.07) is 14.0. The fourth-order valence-corrected chi connectivity index (χ4v) is 7.94. The zero-order valence-electron chi connectivity index (χ0n) is 27.3. The molecule has 2 aliphatic heterocycles. The number of aliphatic hydroxyl groups excluding tert-OH is 1. The number of sulfone groups is 1. The van der Waals surface area contributed by atoms with Crippen LogP contribution < -0.4 is 20.1 Å². The molecule has 2 heterocycles. The minimum Gasteiger partial charge on any atom is -0.486 e. The molecule has 3 atom stereocenters. The molecule has 0 radical (unpaired) electrons. The van der Waals surface area contributed by atoms with Gasteiger partial charge < -0.3 is 34.1 Å². The van der Waals surface area contributed by atoms with Gasteiger partial charge >= 0.3 is 6.09 Å². The third-order valence-corrected chi connectivity index (χ3v) is 10.6. The van der Waals surface area contributed by atoms with Gasteiger partial charge in [-0.15, -0.1) is 0 Å². The Kier molecular flexibility index (Phi) is 10.4. The summed E-state index contributed by atoms with van der Waals surface area (Å²) < 4.78 is 57.7. The molecule has 250 valence electrons. The van der Waals surface area contributed by atoms with E-state index in [2.05, 4.69) is 10.6 Å². The Balaban J connectivity index is 1.70. The zero-order valence-corrected chi connectivity index (χ0v) is 28.2. The topological polar surface area (TPSA) is 142 Å². The molecule has 0 aliphatic carbocycles. The second-order valence-electron chi connectivity index (χ2n) is 13.7. The Morgan fingerprint density at radius 2 is 1.60 bits per heavy atom. The normalized spacial score (nSPS) is 19.3. The lowest BCUT2D eigenvalue weighted by molar-refractivity contribution is -0.150. The molecule has 2 aliphatic rings. The highest BCUT2D eigenvalue weighted by atomic mass is 32.2. The van der Waals surface area contributed by atoms with Gasteiger partial charge in [-0.05, 0) is 57.7 Å². The molecule has 1 fully saturated rings. The Labute approximate surface area is 266 Å². The van der Waals surface area contributed by atoms with E-state index in [9.17, 15) is 18.3 Å². The molecule has 2 aromatic carbocycles. The van der Waals surface area contributed by atoms with Gasteiger partial charge in [0, 0.05) is 25.5 Å². The van der Waals surface area contributed by atoms with Crippen LogP contribution in [0, 0.1) is 5.41 Å². The fourth-order valence-electron chi connectivity index (χ4n) is 5.64. The Hall–Kier alpha value is -2.90. The van der Waals surface area contributed by atoms with Gasteiger partial charge in [0.1, 0.15) is 24.5 Å². The van der Waals surface area contributed by atoms with Crippen molar-refractivity contribution in [2.45, 2.75) is 94.6 Å². The Morgan fingerprint density at radius 1 is 0.978 bits per heavy atom. The van der Waals surface area contributed by atoms with E-state index >= 15 is 0 Å².